The van der Waals surface area contributed by atoms with Crippen LogP contribution in [0.25, 0.3) is 0 Å². The number of hydrogen-bond donors (Lipinski definition) is 2. The van der Waals surface area contributed by atoms with E-state index < -0.39 is 12.0 Å². The van der Waals surface area contributed by atoms with Gasteiger partial charge in [0.1, 0.15) is 6.04 Å². The maximum Gasteiger partial charge on any atom is 0.320 e. The van der Waals surface area contributed by atoms with Crippen LogP contribution in [-0.2, 0) is 9.59 Å². The van der Waals surface area contributed by atoms with E-state index in [1.165, 1.54) is 0 Å². The van der Waals surface area contributed by atoms with Gasteiger partial charge in [0.05, 0.1) is 6.54 Å². The number of carbonyl (C=O) groups excluding carboxylic acids is 1. The van der Waals surface area contributed by atoms with Crippen molar-refractivity contribution in [3.05, 3.63) is 29.3 Å². The number of likely N-dealkylation sites (tertiary alicyclic amines) is 1. The Morgan fingerprint density at radius 1 is 1.38 bits per heavy atom. The van der Waals surface area contributed by atoms with E-state index in [-0.39, 0.29) is 24.9 Å². The van der Waals surface area contributed by atoms with Crippen molar-refractivity contribution in [1.82, 2.24) is 4.90 Å². The fraction of sp³-hybridized carbons (Fsp3) is 0.429. The average Bonchev–Trinajstić information content (AvgIpc) is 2.38. The Balaban J connectivity index is 0.00000220. The molecule has 1 aromatic carbocycles. The van der Waals surface area contributed by atoms with Crippen LogP contribution in [0.5, 0.6) is 0 Å². The summed E-state index contributed by atoms with van der Waals surface area (Å²) in [5.41, 5.74) is 0.617. The number of halogens is 2. The van der Waals surface area contributed by atoms with Gasteiger partial charge in [-0.25, -0.2) is 0 Å². The third-order valence-corrected chi connectivity index (χ3v) is 3.59. The van der Waals surface area contributed by atoms with Crippen LogP contribution in [0.4, 0.5) is 5.69 Å². The van der Waals surface area contributed by atoms with Gasteiger partial charge in [-0.2, -0.15) is 0 Å². The van der Waals surface area contributed by atoms with E-state index in [0.717, 1.165) is 12.8 Å². The Labute approximate surface area is 134 Å². The van der Waals surface area contributed by atoms with Crippen molar-refractivity contribution in [2.45, 2.75) is 25.3 Å². The second-order valence-electron chi connectivity index (χ2n) is 4.88. The molecule has 1 amide bonds. The van der Waals surface area contributed by atoms with Gasteiger partial charge in [-0.1, -0.05) is 24.1 Å². The van der Waals surface area contributed by atoms with Gasteiger partial charge in [-0.3, -0.25) is 14.5 Å². The Bertz CT molecular complexity index is 511. The van der Waals surface area contributed by atoms with Crippen LogP contribution >= 0.6 is 24.0 Å². The fourth-order valence-electron chi connectivity index (χ4n) is 2.41. The molecule has 116 valence electrons. The minimum Gasteiger partial charge on any atom is -0.480 e. The summed E-state index contributed by atoms with van der Waals surface area (Å²) in [5.74, 6) is -1.08. The van der Waals surface area contributed by atoms with Crippen molar-refractivity contribution < 1.29 is 14.7 Å². The van der Waals surface area contributed by atoms with Crippen molar-refractivity contribution in [2.75, 3.05) is 18.4 Å². The Morgan fingerprint density at radius 2 is 2.14 bits per heavy atom. The van der Waals surface area contributed by atoms with Gasteiger partial charge in [0.2, 0.25) is 5.91 Å². The van der Waals surface area contributed by atoms with E-state index in [0.29, 0.717) is 23.7 Å². The summed E-state index contributed by atoms with van der Waals surface area (Å²) in [7, 11) is 0. The number of benzene rings is 1. The predicted molar refractivity (Wildman–Crippen MR) is 84.2 cm³/mol. The number of nitrogens with zero attached hydrogens (tertiary/aromatic N) is 1. The first-order chi connectivity index (χ1) is 9.56. The molecule has 1 unspecified atom stereocenters. The molecule has 7 heteroatoms. The van der Waals surface area contributed by atoms with Crippen LogP contribution in [0, 0.1) is 0 Å². The highest BCUT2D eigenvalue weighted by molar-refractivity contribution is 6.30. The van der Waals surface area contributed by atoms with Gasteiger partial charge < -0.3 is 10.4 Å². The topological polar surface area (TPSA) is 69.6 Å². The molecule has 1 heterocycles. The molecule has 0 radical (unpaired) electrons. The lowest BCUT2D eigenvalue weighted by Crippen LogP contribution is -2.47. The van der Waals surface area contributed by atoms with Crippen molar-refractivity contribution >= 4 is 41.6 Å². The molecule has 2 N–H and O–H groups in total. The zero-order chi connectivity index (χ0) is 14.5. The molecule has 0 spiro atoms. The number of nitrogens with one attached hydrogen (secondary N) is 1. The highest BCUT2D eigenvalue weighted by atomic mass is 35.5. The number of rotatable bonds is 4. The average molecular weight is 333 g/mol. The summed E-state index contributed by atoms with van der Waals surface area (Å²) in [6, 6.07) is 6.31. The second kappa shape index (κ2) is 8.22. The van der Waals surface area contributed by atoms with E-state index in [4.69, 9.17) is 16.7 Å². The highest BCUT2D eigenvalue weighted by Crippen LogP contribution is 2.18. The monoisotopic (exact) mass is 332 g/mol. The lowest BCUT2D eigenvalue weighted by atomic mass is 10.0. The first-order valence-corrected chi connectivity index (χ1v) is 6.96. The van der Waals surface area contributed by atoms with Crippen LogP contribution < -0.4 is 5.32 Å². The molecule has 1 aliphatic rings. The number of carbonyl (C=O) groups is 2. The number of aliphatic carboxylic acids is 1. The molecule has 21 heavy (non-hydrogen) atoms. The van der Waals surface area contributed by atoms with Gasteiger partial charge in [-0.05, 0) is 37.6 Å². The van der Waals surface area contributed by atoms with Crippen LogP contribution in [0.1, 0.15) is 19.3 Å². The summed E-state index contributed by atoms with van der Waals surface area (Å²) in [4.78, 5) is 24.8. The highest BCUT2D eigenvalue weighted by Gasteiger charge is 2.29. The van der Waals surface area contributed by atoms with Crippen molar-refractivity contribution in [2.24, 2.45) is 0 Å². The molecule has 1 aromatic rings. The first-order valence-electron chi connectivity index (χ1n) is 6.58. The molecule has 0 saturated carbocycles. The van der Waals surface area contributed by atoms with Gasteiger partial charge in [0, 0.05) is 10.7 Å². The summed E-state index contributed by atoms with van der Waals surface area (Å²) < 4.78 is 0. The van der Waals surface area contributed by atoms with E-state index in [2.05, 4.69) is 5.32 Å². The zero-order valence-electron chi connectivity index (χ0n) is 11.4. The first kappa shape index (κ1) is 17.8. The smallest absolute Gasteiger partial charge is 0.320 e. The molecule has 1 atom stereocenters. The molecule has 1 fully saturated rings. The molecule has 0 bridgehead atoms. The molecule has 0 aliphatic carbocycles. The minimum absolute atomic E-state index is 0. The van der Waals surface area contributed by atoms with E-state index in [1.54, 1.807) is 29.2 Å². The predicted octanol–water partition coefficient (Wildman–Crippen LogP) is 2.64. The quantitative estimate of drug-likeness (QED) is 0.889. The Hall–Kier alpha value is -1.30. The lowest BCUT2D eigenvalue weighted by molar-refractivity contribution is -0.145. The summed E-state index contributed by atoms with van der Waals surface area (Å²) >= 11 is 5.85. The van der Waals surface area contributed by atoms with Crippen molar-refractivity contribution in [3.63, 3.8) is 0 Å². The number of piperidine rings is 1. The van der Waals surface area contributed by atoms with Gasteiger partial charge in [0.25, 0.3) is 0 Å². The van der Waals surface area contributed by atoms with Gasteiger partial charge in [-0.15, -0.1) is 12.4 Å². The molecule has 0 aromatic heterocycles. The van der Waals surface area contributed by atoms with E-state index in [1.807, 2.05) is 0 Å². The van der Waals surface area contributed by atoms with Crippen LogP contribution in [0.3, 0.4) is 0 Å². The number of carboxylic acid groups (broad SMARTS) is 1. The summed E-state index contributed by atoms with van der Waals surface area (Å²) in [6.07, 6.45) is 2.41. The third-order valence-electron chi connectivity index (χ3n) is 3.35. The number of carboxylic acids is 1. The molecule has 1 aliphatic heterocycles. The van der Waals surface area contributed by atoms with Gasteiger partial charge in [0.15, 0.2) is 0 Å². The van der Waals surface area contributed by atoms with Crippen molar-refractivity contribution in [3.8, 4) is 0 Å². The van der Waals surface area contributed by atoms with Crippen LogP contribution in [0.15, 0.2) is 24.3 Å². The summed E-state index contributed by atoms with van der Waals surface area (Å²) in [6.45, 7) is 0.726. The molecule has 5 nitrogen and oxygen atoms in total. The molecule has 1 saturated heterocycles. The molecule has 2 rings (SSSR count). The number of hydrogen-bond acceptors (Lipinski definition) is 3. The number of amides is 1. The Kier molecular flexibility index (Phi) is 6.95. The molecular formula is C14H18Cl2N2O3. The number of anilines is 1. The van der Waals surface area contributed by atoms with Crippen LogP contribution in [0.2, 0.25) is 5.02 Å². The largest absolute Gasteiger partial charge is 0.480 e. The van der Waals surface area contributed by atoms with E-state index in [9.17, 15) is 9.59 Å². The van der Waals surface area contributed by atoms with Gasteiger partial charge >= 0.3 is 5.97 Å². The second-order valence-corrected chi connectivity index (χ2v) is 5.32. The lowest BCUT2D eigenvalue weighted by Gasteiger charge is -2.32. The van der Waals surface area contributed by atoms with Crippen molar-refractivity contribution in [1.29, 1.82) is 0 Å². The minimum atomic E-state index is -0.861. The zero-order valence-corrected chi connectivity index (χ0v) is 13.0. The standard InChI is InChI=1S/C14H17ClN2O3.ClH/c15-10-4-3-5-11(8-10)16-13(18)9-17-7-2-1-6-12(17)14(19)20;/h3-5,8,12H,1-2,6-7,9H2,(H,16,18)(H,19,20);1H. The fourth-order valence-corrected chi connectivity index (χ4v) is 2.60. The van der Waals surface area contributed by atoms with E-state index >= 15 is 0 Å². The SMILES string of the molecule is Cl.O=C(CN1CCCCC1C(=O)O)Nc1cccc(Cl)c1. The maximum atomic E-state index is 12.0. The maximum absolute atomic E-state index is 12.0. The summed E-state index contributed by atoms with van der Waals surface area (Å²) in [5, 5.41) is 12.4. The Morgan fingerprint density at radius 3 is 2.81 bits per heavy atom. The third kappa shape index (κ3) is 5.19. The van der Waals surface area contributed by atoms with Crippen LogP contribution in [-0.4, -0.2) is 41.0 Å². The molecular weight excluding hydrogens is 315 g/mol. The normalized spacial score (nSPS) is 18.6.